The Labute approximate surface area is 109 Å². The number of carbonyl (C=O) groups is 1. The van der Waals surface area contributed by atoms with Crippen molar-refractivity contribution in [2.45, 2.75) is 45.4 Å². The third-order valence-electron chi connectivity index (χ3n) is 3.23. The van der Waals surface area contributed by atoms with Crippen molar-refractivity contribution in [3.8, 4) is 5.75 Å². The van der Waals surface area contributed by atoms with Crippen LogP contribution in [-0.2, 0) is 11.2 Å². The standard InChI is InChI=1S/C15H22O3/c1-4-6-12(10-15(16)17)14-8-7-13(18-3)9-11(14)5-2/h7-9,12H,4-6,10H2,1-3H3,(H,16,17). The van der Waals surface area contributed by atoms with Crippen LogP contribution in [0.2, 0.25) is 0 Å². The van der Waals surface area contributed by atoms with Gasteiger partial charge in [0, 0.05) is 0 Å². The summed E-state index contributed by atoms with van der Waals surface area (Å²) in [5.74, 6) is 0.209. The second kappa shape index (κ2) is 7.04. The number of methoxy groups -OCH3 is 1. The highest BCUT2D eigenvalue weighted by molar-refractivity contribution is 5.68. The van der Waals surface area contributed by atoms with Crippen molar-refractivity contribution < 1.29 is 14.6 Å². The number of ether oxygens (including phenoxy) is 1. The SMILES string of the molecule is CCCC(CC(=O)O)c1ccc(OC)cc1CC. The molecule has 0 fully saturated rings. The Kier molecular flexibility index (Phi) is 5.69. The van der Waals surface area contributed by atoms with Crippen molar-refractivity contribution in [2.24, 2.45) is 0 Å². The Morgan fingerprint density at radius 1 is 1.39 bits per heavy atom. The van der Waals surface area contributed by atoms with Crippen LogP contribution < -0.4 is 4.74 Å². The lowest BCUT2D eigenvalue weighted by molar-refractivity contribution is -0.137. The molecule has 0 heterocycles. The van der Waals surface area contributed by atoms with E-state index in [1.807, 2.05) is 18.2 Å². The van der Waals surface area contributed by atoms with Crippen LogP contribution in [0.4, 0.5) is 0 Å². The van der Waals surface area contributed by atoms with Crippen molar-refractivity contribution in [2.75, 3.05) is 7.11 Å². The first kappa shape index (κ1) is 14.6. The predicted octanol–water partition coefficient (Wildman–Crippen LogP) is 3.62. The fourth-order valence-electron chi connectivity index (χ4n) is 2.34. The molecule has 0 bridgehead atoms. The molecule has 0 saturated heterocycles. The summed E-state index contributed by atoms with van der Waals surface area (Å²) in [6, 6.07) is 5.94. The summed E-state index contributed by atoms with van der Waals surface area (Å²) in [5, 5.41) is 9.01. The highest BCUT2D eigenvalue weighted by atomic mass is 16.5. The predicted molar refractivity (Wildman–Crippen MR) is 72.3 cm³/mol. The normalized spacial score (nSPS) is 12.2. The van der Waals surface area contributed by atoms with Gasteiger partial charge >= 0.3 is 5.97 Å². The third-order valence-corrected chi connectivity index (χ3v) is 3.23. The van der Waals surface area contributed by atoms with Crippen molar-refractivity contribution >= 4 is 5.97 Å². The molecule has 0 aliphatic heterocycles. The van der Waals surface area contributed by atoms with E-state index in [9.17, 15) is 4.79 Å². The van der Waals surface area contributed by atoms with Crippen LogP contribution in [0, 0.1) is 0 Å². The lowest BCUT2D eigenvalue weighted by atomic mass is 9.87. The van der Waals surface area contributed by atoms with Crippen molar-refractivity contribution in [1.82, 2.24) is 0 Å². The summed E-state index contributed by atoms with van der Waals surface area (Å²) in [7, 11) is 1.65. The molecule has 100 valence electrons. The molecule has 1 rings (SSSR count). The molecule has 0 aliphatic rings. The van der Waals surface area contributed by atoms with E-state index in [1.165, 1.54) is 5.56 Å². The molecule has 1 aromatic rings. The van der Waals surface area contributed by atoms with Gasteiger partial charge in [-0.15, -0.1) is 0 Å². The average molecular weight is 250 g/mol. The van der Waals surface area contributed by atoms with Gasteiger partial charge in [0.1, 0.15) is 5.75 Å². The Hall–Kier alpha value is -1.51. The number of carboxylic acid groups (broad SMARTS) is 1. The van der Waals surface area contributed by atoms with E-state index in [2.05, 4.69) is 13.8 Å². The maximum Gasteiger partial charge on any atom is 0.303 e. The van der Waals surface area contributed by atoms with Crippen LogP contribution in [0.3, 0.4) is 0 Å². The highest BCUT2D eigenvalue weighted by Crippen LogP contribution is 2.30. The van der Waals surface area contributed by atoms with E-state index in [1.54, 1.807) is 7.11 Å². The second-order valence-corrected chi connectivity index (χ2v) is 4.50. The summed E-state index contributed by atoms with van der Waals surface area (Å²) in [5.41, 5.74) is 2.34. The van der Waals surface area contributed by atoms with E-state index >= 15 is 0 Å². The Morgan fingerprint density at radius 3 is 2.61 bits per heavy atom. The number of hydrogen-bond donors (Lipinski definition) is 1. The molecule has 0 aliphatic carbocycles. The van der Waals surface area contributed by atoms with Gasteiger partial charge in [0.15, 0.2) is 0 Å². The van der Waals surface area contributed by atoms with Crippen LogP contribution in [0.1, 0.15) is 50.2 Å². The van der Waals surface area contributed by atoms with E-state index in [0.717, 1.165) is 30.6 Å². The Morgan fingerprint density at radius 2 is 2.11 bits per heavy atom. The summed E-state index contributed by atoms with van der Waals surface area (Å²) in [4.78, 5) is 11.0. The molecule has 1 atom stereocenters. The first-order valence-corrected chi connectivity index (χ1v) is 6.50. The molecule has 0 aromatic heterocycles. The van der Waals surface area contributed by atoms with Gasteiger partial charge in [-0.25, -0.2) is 0 Å². The Bertz CT molecular complexity index is 399. The minimum atomic E-state index is -0.730. The van der Waals surface area contributed by atoms with Gasteiger partial charge < -0.3 is 9.84 Å². The molecular formula is C15H22O3. The molecule has 1 unspecified atom stereocenters. The number of benzene rings is 1. The van der Waals surface area contributed by atoms with Gasteiger partial charge in [-0.3, -0.25) is 4.79 Å². The second-order valence-electron chi connectivity index (χ2n) is 4.50. The maximum atomic E-state index is 11.0. The monoisotopic (exact) mass is 250 g/mol. The molecule has 0 amide bonds. The van der Waals surface area contributed by atoms with Gasteiger partial charge in [-0.1, -0.05) is 26.3 Å². The summed E-state index contributed by atoms with van der Waals surface area (Å²) in [6.07, 6.45) is 3.00. The molecule has 3 heteroatoms. The van der Waals surface area contributed by atoms with E-state index < -0.39 is 5.97 Å². The van der Waals surface area contributed by atoms with Crippen molar-refractivity contribution in [3.05, 3.63) is 29.3 Å². The molecule has 0 radical (unpaired) electrons. The fourth-order valence-corrected chi connectivity index (χ4v) is 2.34. The summed E-state index contributed by atoms with van der Waals surface area (Å²) in [6.45, 7) is 4.17. The molecule has 1 aromatic carbocycles. The van der Waals surface area contributed by atoms with E-state index in [-0.39, 0.29) is 12.3 Å². The number of aliphatic carboxylic acids is 1. The van der Waals surface area contributed by atoms with E-state index in [0.29, 0.717) is 0 Å². The highest BCUT2D eigenvalue weighted by Gasteiger charge is 2.17. The number of carboxylic acids is 1. The molecule has 3 nitrogen and oxygen atoms in total. The number of hydrogen-bond acceptors (Lipinski definition) is 2. The van der Waals surface area contributed by atoms with Crippen LogP contribution in [0.25, 0.3) is 0 Å². The average Bonchev–Trinajstić information content (AvgIpc) is 2.37. The quantitative estimate of drug-likeness (QED) is 0.804. The third kappa shape index (κ3) is 3.76. The summed E-state index contributed by atoms with van der Waals surface area (Å²) < 4.78 is 5.22. The van der Waals surface area contributed by atoms with Crippen LogP contribution in [0.5, 0.6) is 5.75 Å². The van der Waals surface area contributed by atoms with Gasteiger partial charge in [0.2, 0.25) is 0 Å². The van der Waals surface area contributed by atoms with Crippen molar-refractivity contribution in [1.29, 1.82) is 0 Å². The zero-order chi connectivity index (χ0) is 13.5. The van der Waals surface area contributed by atoms with Crippen LogP contribution in [0.15, 0.2) is 18.2 Å². The molecular weight excluding hydrogens is 228 g/mol. The zero-order valence-corrected chi connectivity index (χ0v) is 11.4. The first-order valence-electron chi connectivity index (χ1n) is 6.50. The first-order chi connectivity index (χ1) is 8.62. The lowest BCUT2D eigenvalue weighted by Crippen LogP contribution is -2.08. The largest absolute Gasteiger partial charge is 0.497 e. The van der Waals surface area contributed by atoms with Gasteiger partial charge in [0.05, 0.1) is 13.5 Å². The number of rotatable bonds is 7. The van der Waals surface area contributed by atoms with Gasteiger partial charge in [0.25, 0.3) is 0 Å². The zero-order valence-electron chi connectivity index (χ0n) is 11.4. The van der Waals surface area contributed by atoms with E-state index in [4.69, 9.17) is 9.84 Å². The minimum Gasteiger partial charge on any atom is -0.497 e. The topological polar surface area (TPSA) is 46.5 Å². The van der Waals surface area contributed by atoms with Gasteiger partial charge in [-0.2, -0.15) is 0 Å². The van der Waals surface area contributed by atoms with Crippen LogP contribution >= 0.6 is 0 Å². The van der Waals surface area contributed by atoms with Gasteiger partial charge in [-0.05, 0) is 42.0 Å². The fraction of sp³-hybridized carbons (Fsp3) is 0.533. The Balaban J connectivity index is 3.05. The molecule has 18 heavy (non-hydrogen) atoms. The minimum absolute atomic E-state index is 0.105. The maximum absolute atomic E-state index is 11.0. The number of aryl methyl sites for hydroxylation is 1. The lowest BCUT2D eigenvalue weighted by Gasteiger charge is -2.18. The van der Waals surface area contributed by atoms with Crippen LogP contribution in [-0.4, -0.2) is 18.2 Å². The smallest absolute Gasteiger partial charge is 0.303 e. The van der Waals surface area contributed by atoms with Crippen molar-refractivity contribution in [3.63, 3.8) is 0 Å². The molecule has 0 spiro atoms. The summed E-state index contributed by atoms with van der Waals surface area (Å²) >= 11 is 0. The molecule has 1 N–H and O–H groups in total. The molecule has 0 saturated carbocycles.